The van der Waals surface area contributed by atoms with Gasteiger partial charge in [-0.3, -0.25) is 9.59 Å². The summed E-state index contributed by atoms with van der Waals surface area (Å²) in [4.78, 5) is 41.7. The standard InChI is InChI=1S/C29H31NO4/c1-5-6-7-8-20-28(30-34-23(4)32)29(33)27(25-17-11-9-14-21(25)2)19-13-16-24-15-10-12-18-26(24)22(3)31/h9-12,14-15,17-19H,5-8,20H2,1-4H3/b27-19+,30-28+. The third-order valence-electron chi connectivity index (χ3n) is 5.22. The molecule has 0 aliphatic heterocycles. The molecule has 2 aromatic carbocycles. The number of benzene rings is 2. The molecule has 2 rings (SSSR count). The van der Waals surface area contributed by atoms with Crippen LogP contribution in [0.4, 0.5) is 0 Å². The van der Waals surface area contributed by atoms with Gasteiger partial charge < -0.3 is 4.84 Å². The Morgan fingerprint density at radius 1 is 0.941 bits per heavy atom. The fraction of sp³-hybridized carbons (Fsp3) is 0.310. The smallest absolute Gasteiger partial charge is 0.318 e. The van der Waals surface area contributed by atoms with Crippen molar-refractivity contribution in [1.29, 1.82) is 0 Å². The van der Waals surface area contributed by atoms with E-state index in [1.807, 2.05) is 37.3 Å². The fourth-order valence-corrected chi connectivity index (χ4v) is 3.42. The van der Waals surface area contributed by atoms with Crippen molar-refractivity contribution in [3.8, 4) is 11.8 Å². The Kier molecular flexibility index (Phi) is 10.7. The average Bonchev–Trinajstić information content (AvgIpc) is 2.81. The molecule has 0 spiro atoms. The maximum absolute atomic E-state index is 13.6. The minimum atomic E-state index is -0.582. The minimum absolute atomic E-state index is 0.0769. The van der Waals surface area contributed by atoms with Crippen LogP contribution in [0.25, 0.3) is 5.57 Å². The lowest BCUT2D eigenvalue weighted by Gasteiger charge is -2.11. The highest BCUT2D eigenvalue weighted by molar-refractivity contribution is 6.55. The van der Waals surface area contributed by atoms with Crippen molar-refractivity contribution in [2.75, 3.05) is 0 Å². The summed E-state index contributed by atoms with van der Waals surface area (Å²) in [6.45, 7) is 6.77. The number of nitrogens with zero attached hydrogens (tertiary/aromatic N) is 1. The Hall–Kier alpha value is -3.78. The first-order chi connectivity index (χ1) is 16.3. The SMILES string of the molecule is CCCCCC/C(=N\OC(C)=O)C(=O)/C(=C/C#Cc1ccccc1C(C)=O)c1ccccc1C. The molecule has 0 N–H and O–H groups in total. The summed E-state index contributed by atoms with van der Waals surface area (Å²) in [6, 6.07) is 14.6. The Bertz CT molecular complexity index is 1160. The van der Waals surface area contributed by atoms with Crippen LogP contribution >= 0.6 is 0 Å². The molecule has 0 heterocycles. The summed E-state index contributed by atoms with van der Waals surface area (Å²) in [7, 11) is 0. The number of carbonyl (C=O) groups is 3. The molecule has 5 heteroatoms. The molecule has 5 nitrogen and oxygen atoms in total. The van der Waals surface area contributed by atoms with Crippen LogP contribution in [0.5, 0.6) is 0 Å². The Morgan fingerprint density at radius 2 is 1.62 bits per heavy atom. The highest BCUT2D eigenvalue weighted by Gasteiger charge is 2.20. The van der Waals surface area contributed by atoms with E-state index in [9.17, 15) is 14.4 Å². The van der Waals surface area contributed by atoms with Crippen molar-refractivity contribution in [3.63, 3.8) is 0 Å². The van der Waals surface area contributed by atoms with Gasteiger partial charge in [-0.2, -0.15) is 0 Å². The molecule has 0 fully saturated rings. The Morgan fingerprint density at radius 3 is 2.26 bits per heavy atom. The fourth-order valence-electron chi connectivity index (χ4n) is 3.42. The van der Waals surface area contributed by atoms with Crippen molar-refractivity contribution in [3.05, 3.63) is 76.9 Å². The first-order valence-electron chi connectivity index (χ1n) is 11.5. The predicted octanol–water partition coefficient (Wildman–Crippen LogP) is 6.09. The number of ketones is 2. The molecule has 0 aliphatic rings. The van der Waals surface area contributed by atoms with Crippen molar-refractivity contribution >= 4 is 28.8 Å². The zero-order valence-corrected chi connectivity index (χ0v) is 20.3. The van der Waals surface area contributed by atoms with E-state index in [0.717, 1.165) is 36.8 Å². The summed E-state index contributed by atoms with van der Waals surface area (Å²) in [5, 5.41) is 3.88. The van der Waals surface area contributed by atoms with Crippen molar-refractivity contribution in [2.45, 2.75) is 59.8 Å². The van der Waals surface area contributed by atoms with Gasteiger partial charge in [0.1, 0.15) is 5.71 Å². The summed E-state index contributed by atoms with van der Waals surface area (Å²) < 4.78 is 0. The van der Waals surface area contributed by atoms with Gasteiger partial charge >= 0.3 is 5.97 Å². The van der Waals surface area contributed by atoms with E-state index < -0.39 is 5.97 Å². The molecule has 176 valence electrons. The quantitative estimate of drug-likeness (QED) is 0.0823. The zero-order chi connectivity index (χ0) is 24.9. The Labute approximate surface area is 201 Å². The van der Waals surface area contributed by atoms with Crippen molar-refractivity contribution < 1.29 is 19.2 Å². The zero-order valence-electron chi connectivity index (χ0n) is 20.3. The third kappa shape index (κ3) is 7.97. The molecule has 0 unspecified atom stereocenters. The normalized spacial score (nSPS) is 11.4. The van der Waals surface area contributed by atoms with Crippen LogP contribution in [0.15, 0.2) is 59.8 Å². The number of unbranched alkanes of at least 4 members (excludes halogenated alkanes) is 3. The molecule has 0 aromatic heterocycles. The minimum Gasteiger partial charge on any atom is -0.318 e. The van der Waals surface area contributed by atoms with Crippen LogP contribution in [0.1, 0.15) is 79.9 Å². The third-order valence-corrected chi connectivity index (χ3v) is 5.22. The van der Waals surface area contributed by atoms with Crippen LogP contribution in [-0.4, -0.2) is 23.2 Å². The van der Waals surface area contributed by atoms with Gasteiger partial charge in [0.25, 0.3) is 0 Å². The summed E-state index contributed by atoms with van der Waals surface area (Å²) in [6.07, 6.45) is 5.78. The number of Topliss-reactive ketones (excluding diaryl/α,β-unsaturated/α-hetero) is 2. The predicted molar refractivity (Wildman–Crippen MR) is 135 cm³/mol. The van der Waals surface area contributed by atoms with Gasteiger partial charge in [-0.25, -0.2) is 4.79 Å². The number of hydrogen-bond acceptors (Lipinski definition) is 5. The van der Waals surface area contributed by atoms with Gasteiger partial charge in [0.2, 0.25) is 5.78 Å². The van der Waals surface area contributed by atoms with E-state index in [4.69, 9.17) is 4.84 Å². The average molecular weight is 458 g/mol. The summed E-state index contributed by atoms with van der Waals surface area (Å²) in [5.74, 6) is 4.95. The van der Waals surface area contributed by atoms with E-state index in [0.29, 0.717) is 23.1 Å². The van der Waals surface area contributed by atoms with E-state index in [1.54, 1.807) is 24.3 Å². The number of allylic oxidation sites excluding steroid dienone is 2. The molecular weight excluding hydrogens is 426 g/mol. The lowest BCUT2D eigenvalue weighted by molar-refractivity contribution is -0.140. The van der Waals surface area contributed by atoms with Gasteiger partial charge in [0.15, 0.2) is 5.78 Å². The number of hydrogen-bond donors (Lipinski definition) is 0. The molecule has 34 heavy (non-hydrogen) atoms. The van der Waals surface area contributed by atoms with E-state index >= 15 is 0 Å². The maximum Gasteiger partial charge on any atom is 0.331 e. The second-order valence-corrected chi connectivity index (χ2v) is 8.00. The molecule has 0 atom stereocenters. The van der Waals surface area contributed by atoms with Gasteiger partial charge in [0, 0.05) is 29.7 Å². The van der Waals surface area contributed by atoms with Gasteiger partial charge in [-0.15, -0.1) is 0 Å². The Balaban J connectivity index is 2.51. The van der Waals surface area contributed by atoms with E-state index in [2.05, 4.69) is 23.9 Å². The molecule has 0 radical (unpaired) electrons. The highest BCUT2D eigenvalue weighted by Crippen LogP contribution is 2.22. The number of aryl methyl sites for hydroxylation is 1. The van der Waals surface area contributed by atoms with E-state index in [1.165, 1.54) is 13.8 Å². The molecule has 2 aromatic rings. The molecule has 0 bridgehead atoms. The lowest BCUT2D eigenvalue weighted by Crippen LogP contribution is -2.18. The second kappa shape index (κ2) is 13.7. The molecule has 0 saturated heterocycles. The topological polar surface area (TPSA) is 72.8 Å². The largest absolute Gasteiger partial charge is 0.331 e. The number of rotatable bonds is 10. The van der Waals surface area contributed by atoms with Crippen LogP contribution in [0.3, 0.4) is 0 Å². The lowest BCUT2D eigenvalue weighted by atomic mass is 9.93. The maximum atomic E-state index is 13.6. The molecular formula is C29H31NO4. The van der Waals surface area contributed by atoms with Crippen LogP contribution in [-0.2, 0) is 14.4 Å². The monoisotopic (exact) mass is 457 g/mol. The molecule has 0 saturated carbocycles. The van der Waals surface area contributed by atoms with Gasteiger partial charge in [0.05, 0.1) is 0 Å². The van der Waals surface area contributed by atoms with Crippen molar-refractivity contribution in [2.24, 2.45) is 5.16 Å². The number of carbonyl (C=O) groups excluding carboxylic acids is 3. The van der Waals surface area contributed by atoms with Crippen molar-refractivity contribution in [1.82, 2.24) is 0 Å². The van der Waals surface area contributed by atoms with Gasteiger partial charge in [-0.05, 0) is 43.9 Å². The summed E-state index contributed by atoms with van der Waals surface area (Å²) in [5.41, 5.74) is 3.31. The summed E-state index contributed by atoms with van der Waals surface area (Å²) >= 11 is 0. The van der Waals surface area contributed by atoms with Gasteiger partial charge in [-0.1, -0.05) is 85.6 Å². The first-order valence-corrected chi connectivity index (χ1v) is 11.5. The highest BCUT2D eigenvalue weighted by atomic mass is 16.7. The number of oxime groups is 1. The van der Waals surface area contributed by atoms with Crippen LogP contribution < -0.4 is 0 Å². The molecule has 0 amide bonds. The first kappa shape index (κ1) is 26.5. The second-order valence-electron chi connectivity index (χ2n) is 8.00. The van der Waals surface area contributed by atoms with Crippen LogP contribution in [0.2, 0.25) is 0 Å². The molecule has 0 aliphatic carbocycles. The van der Waals surface area contributed by atoms with E-state index in [-0.39, 0.29) is 17.3 Å². The van der Waals surface area contributed by atoms with Crippen LogP contribution in [0, 0.1) is 18.8 Å².